The fraction of sp³-hybridized carbons (Fsp3) is 0.238. The highest BCUT2D eigenvalue weighted by Gasteiger charge is 2.41. The molecule has 0 amide bonds. The van der Waals surface area contributed by atoms with E-state index in [-0.39, 0.29) is 12.1 Å². The fourth-order valence-electron chi connectivity index (χ4n) is 3.31. The maximum absolute atomic E-state index is 6.23. The van der Waals surface area contributed by atoms with E-state index in [2.05, 4.69) is 15.2 Å². The standard InChI is InChI=1S/C21H20ClN3O2S2/c1-26-13-12-25-20(19(24-21(25)28)16-4-2-3-11-23-16)17-9-10-18(27-17)29-15-7-5-14(22)6-8-15/h2-11,19-20H,12-13H2,1H3,(H,24,28)/t19-,20-/m0/s1. The average Bonchev–Trinajstić information content (AvgIpc) is 3.32. The van der Waals surface area contributed by atoms with E-state index in [1.54, 1.807) is 25.1 Å². The number of methoxy groups -OCH3 is 1. The van der Waals surface area contributed by atoms with Crippen LogP contribution in [0.1, 0.15) is 23.5 Å². The van der Waals surface area contributed by atoms with Crippen molar-refractivity contribution in [3.63, 3.8) is 0 Å². The molecule has 1 N–H and O–H groups in total. The van der Waals surface area contributed by atoms with Gasteiger partial charge < -0.3 is 19.4 Å². The summed E-state index contributed by atoms with van der Waals surface area (Å²) in [6.45, 7) is 1.23. The second kappa shape index (κ2) is 9.17. The van der Waals surface area contributed by atoms with Crippen LogP contribution in [0.4, 0.5) is 0 Å². The Morgan fingerprint density at radius 2 is 2.03 bits per heavy atom. The molecule has 2 atom stereocenters. The van der Waals surface area contributed by atoms with Crippen LogP contribution in [0.2, 0.25) is 5.02 Å². The van der Waals surface area contributed by atoms with Gasteiger partial charge in [0, 0.05) is 29.8 Å². The topological polar surface area (TPSA) is 50.5 Å². The first kappa shape index (κ1) is 20.2. The number of benzene rings is 1. The number of pyridine rings is 1. The molecule has 0 radical (unpaired) electrons. The minimum absolute atomic E-state index is 0.0971. The van der Waals surface area contributed by atoms with Gasteiger partial charge in [0.05, 0.1) is 18.3 Å². The summed E-state index contributed by atoms with van der Waals surface area (Å²) in [6, 6.07) is 17.4. The lowest BCUT2D eigenvalue weighted by Crippen LogP contribution is -2.32. The molecule has 0 spiro atoms. The number of halogens is 1. The lowest BCUT2D eigenvalue weighted by molar-refractivity contribution is 0.156. The zero-order valence-electron chi connectivity index (χ0n) is 15.7. The lowest BCUT2D eigenvalue weighted by atomic mass is 10.0. The van der Waals surface area contributed by atoms with Crippen LogP contribution >= 0.6 is 35.6 Å². The highest BCUT2D eigenvalue weighted by atomic mass is 35.5. The van der Waals surface area contributed by atoms with Crippen molar-refractivity contribution in [2.75, 3.05) is 20.3 Å². The third kappa shape index (κ3) is 4.59. The highest BCUT2D eigenvalue weighted by molar-refractivity contribution is 7.99. The SMILES string of the molecule is COCCN1C(=S)N[C@@H](c2ccccn2)[C@@H]1c1ccc(Sc2ccc(Cl)cc2)o1. The minimum Gasteiger partial charge on any atom is -0.452 e. The van der Waals surface area contributed by atoms with Crippen molar-refractivity contribution in [2.24, 2.45) is 0 Å². The zero-order valence-corrected chi connectivity index (χ0v) is 18.1. The van der Waals surface area contributed by atoms with Gasteiger partial charge in [-0.3, -0.25) is 4.98 Å². The minimum atomic E-state index is -0.105. The van der Waals surface area contributed by atoms with Gasteiger partial charge in [0.2, 0.25) is 0 Å². The van der Waals surface area contributed by atoms with Gasteiger partial charge in [0.1, 0.15) is 11.8 Å². The summed E-state index contributed by atoms with van der Waals surface area (Å²) in [5, 5.41) is 5.60. The number of hydrogen-bond acceptors (Lipinski definition) is 5. The van der Waals surface area contributed by atoms with E-state index in [0.29, 0.717) is 23.3 Å². The molecule has 0 aliphatic carbocycles. The van der Waals surface area contributed by atoms with Crippen LogP contribution in [0.15, 0.2) is 75.2 Å². The second-order valence-corrected chi connectivity index (χ2v) is 8.43. The van der Waals surface area contributed by atoms with Crippen molar-refractivity contribution in [2.45, 2.75) is 22.1 Å². The monoisotopic (exact) mass is 445 g/mol. The molecule has 0 bridgehead atoms. The van der Waals surface area contributed by atoms with Gasteiger partial charge in [-0.25, -0.2) is 0 Å². The third-order valence-electron chi connectivity index (χ3n) is 4.66. The number of thiocarbonyl (C=S) groups is 1. The molecule has 1 fully saturated rings. The largest absolute Gasteiger partial charge is 0.452 e. The van der Waals surface area contributed by atoms with E-state index in [1.807, 2.05) is 54.6 Å². The van der Waals surface area contributed by atoms with E-state index in [0.717, 1.165) is 21.4 Å². The Kier molecular flexibility index (Phi) is 6.40. The molecule has 150 valence electrons. The fourth-order valence-corrected chi connectivity index (χ4v) is 4.55. The van der Waals surface area contributed by atoms with E-state index in [9.17, 15) is 0 Å². The summed E-state index contributed by atoms with van der Waals surface area (Å²) in [6.07, 6.45) is 1.79. The molecule has 8 heteroatoms. The van der Waals surface area contributed by atoms with E-state index in [1.165, 1.54) is 0 Å². The van der Waals surface area contributed by atoms with Crippen LogP contribution in [0.25, 0.3) is 0 Å². The Hall–Kier alpha value is -2.06. The predicted octanol–water partition coefficient (Wildman–Crippen LogP) is 5.10. The maximum atomic E-state index is 6.23. The summed E-state index contributed by atoms with van der Waals surface area (Å²) >= 11 is 13.1. The Balaban J connectivity index is 1.62. The van der Waals surface area contributed by atoms with E-state index >= 15 is 0 Å². The molecule has 0 unspecified atom stereocenters. The van der Waals surface area contributed by atoms with Gasteiger partial charge >= 0.3 is 0 Å². The van der Waals surface area contributed by atoms with Crippen molar-refractivity contribution in [1.82, 2.24) is 15.2 Å². The van der Waals surface area contributed by atoms with Crippen LogP contribution in [0.3, 0.4) is 0 Å². The van der Waals surface area contributed by atoms with E-state index in [4.69, 9.17) is 33.0 Å². The molecule has 1 aliphatic rings. The number of hydrogen-bond donors (Lipinski definition) is 1. The van der Waals surface area contributed by atoms with Gasteiger partial charge in [-0.2, -0.15) is 0 Å². The molecule has 0 saturated carbocycles. The third-order valence-corrected chi connectivity index (χ3v) is 6.19. The molecule has 29 heavy (non-hydrogen) atoms. The van der Waals surface area contributed by atoms with Gasteiger partial charge in [0.25, 0.3) is 0 Å². The number of furan rings is 1. The molecule has 3 aromatic rings. The molecular formula is C21H20ClN3O2S2. The lowest BCUT2D eigenvalue weighted by Gasteiger charge is -2.25. The summed E-state index contributed by atoms with van der Waals surface area (Å²) in [4.78, 5) is 7.70. The average molecular weight is 446 g/mol. The molecule has 2 aromatic heterocycles. The summed E-state index contributed by atoms with van der Waals surface area (Å²) in [7, 11) is 1.69. The molecule has 4 rings (SSSR count). The Labute approximate surface area is 184 Å². The second-order valence-electron chi connectivity index (χ2n) is 6.53. The normalized spacial score (nSPS) is 18.8. The molecule has 1 aromatic carbocycles. The molecule has 3 heterocycles. The van der Waals surface area contributed by atoms with Crippen molar-refractivity contribution >= 4 is 40.7 Å². The van der Waals surface area contributed by atoms with Crippen molar-refractivity contribution in [1.29, 1.82) is 0 Å². The molecular weight excluding hydrogens is 426 g/mol. The number of aromatic nitrogens is 1. The van der Waals surface area contributed by atoms with Gasteiger partial charge in [-0.05, 0) is 60.7 Å². The molecule has 1 saturated heterocycles. The quantitative estimate of drug-likeness (QED) is 0.508. The number of ether oxygens (including phenoxy) is 1. The Bertz CT molecular complexity index is 966. The van der Waals surface area contributed by atoms with Gasteiger partial charge in [-0.1, -0.05) is 29.4 Å². The number of nitrogens with one attached hydrogen (secondary N) is 1. The van der Waals surface area contributed by atoms with Gasteiger partial charge in [0.15, 0.2) is 10.2 Å². The molecule has 5 nitrogen and oxygen atoms in total. The van der Waals surface area contributed by atoms with Crippen molar-refractivity contribution in [3.8, 4) is 0 Å². The summed E-state index contributed by atoms with van der Waals surface area (Å²) < 4.78 is 11.5. The molecule has 1 aliphatic heterocycles. The number of rotatable bonds is 7. The summed E-state index contributed by atoms with van der Waals surface area (Å²) in [5.41, 5.74) is 0.920. The van der Waals surface area contributed by atoms with Crippen molar-refractivity contribution in [3.05, 3.63) is 77.3 Å². The smallest absolute Gasteiger partial charge is 0.170 e. The first-order chi connectivity index (χ1) is 14.2. The summed E-state index contributed by atoms with van der Waals surface area (Å²) in [5.74, 6) is 0.834. The Morgan fingerprint density at radius 3 is 2.76 bits per heavy atom. The Morgan fingerprint density at radius 1 is 1.21 bits per heavy atom. The first-order valence-corrected chi connectivity index (χ1v) is 10.8. The van der Waals surface area contributed by atoms with Crippen molar-refractivity contribution < 1.29 is 9.15 Å². The van der Waals surface area contributed by atoms with E-state index < -0.39 is 0 Å². The zero-order chi connectivity index (χ0) is 20.2. The maximum Gasteiger partial charge on any atom is 0.170 e. The van der Waals surface area contributed by atoms with Crippen LogP contribution in [-0.4, -0.2) is 35.3 Å². The van der Waals surface area contributed by atoms with Crippen LogP contribution in [-0.2, 0) is 4.74 Å². The van der Waals surface area contributed by atoms with Gasteiger partial charge in [-0.15, -0.1) is 0 Å². The first-order valence-electron chi connectivity index (χ1n) is 9.16. The highest BCUT2D eigenvalue weighted by Crippen LogP contribution is 2.41. The van der Waals surface area contributed by atoms with Crippen LogP contribution in [0, 0.1) is 0 Å². The number of nitrogens with zero attached hydrogens (tertiary/aromatic N) is 2. The van der Waals surface area contributed by atoms with Crippen LogP contribution < -0.4 is 5.32 Å². The predicted molar refractivity (Wildman–Crippen MR) is 118 cm³/mol. The van der Waals surface area contributed by atoms with Crippen LogP contribution in [0.5, 0.6) is 0 Å².